The third-order valence-electron chi connectivity index (χ3n) is 2.74. The zero-order valence-electron chi connectivity index (χ0n) is 8.90. The summed E-state index contributed by atoms with van der Waals surface area (Å²) in [5.41, 5.74) is 2.31. The van der Waals surface area contributed by atoms with Crippen LogP contribution >= 0.6 is 34.2 Å². The number of fused-ring (bicyclic) bond motifs is 1. The Labute approximate surface area is 118 Å². The molecule has 0 radical (unpaired) electrons. The quantitative estimate of drug-likeness (QED) is 0.549. The normalized spacial score (nSPS) is 10.9. The summed E-state index contributed by atoms with van der Waals surface area (Å²) >= 11 is 8.42. The van der Waals surface area contributed by atoms with Gasteiger partial charge in [-0.1, -0.05) is 35.9 Å². The highest BCUT2D eigenvalue weighted by atomic mass is 127. The maximum absolute atomic E-state index is 6.07. The Hall–Kier alpha value is -1.00. The van der Waals surface area contributed by atoms with Gasteiger partial charge in [0.05, 0.1) is 9.22 Å². The third kappa shape index (κ3) is 1.96. The van der Waals surface area contributed by atoms with E-state index < -0.39 is 0 Å². The monoisotopic (exact) mass is 353 g/mol. The van der Waals surface area contributed by atoms with Crippen molar-refractivity contribution in [1.82, 2.24) is 4.57 Å². The van der Waals surface area contributed by atoms with Crippen molar-refractivity contribution >= 4 is 45.1 Å². The number of rotatable bonds is 1. The molecule has 0 aliphatic carbocycles. The molecule has 0 saturated carbocycles. The highest BCUT2D eigenvalue weighted by Gasteiger charge is 2.08. The average Bonchev–Trinajstić information content (AvgIpc) is 2.65. The van der Waals surface area contributed by atoms with E-state index in [9.17, 15) is 0 Å². The van der Waals surface area contributed by atoms with E-state index in [2.05, 4.69) is 51.4 Å². The van der Waals surface area contributed by atoms with Crippen molar-refractivity contribution in [1.29, 1.82) is 0 Å². The number of hydrogen-bond donors (Lipinski definition) is 0. The number of nitrogens with zero attached hydrogens (tertiary/aromatic N) is 1. The standard InChI is InChI=1S/C14H9ClIN/c15-11-7-6-10-8-14(16)17(13(10)9-11)12-4-2-1-3-5-12/h1-9H. The summed E-state index contributed by atoms with van der Waals surface area (Å²) in [4.78, 5) is 0. The van der Waals surface area contributed by atoms with Crippen LogP contribution in [0.25, 0.3) is 16.6 Å². The van der Waals surface area contributed by atoms with Gasteiger partial charge in [-0.05, 0) is 52.9 Å². The minimum atomic E-state index is 0.768. The smallest absolute Gasteiger partial charge is 0.0855 e. The second-order valence-corrected chi connectivity index (χ2v) is 5.38. The van der Waals surface area contributed by atoms with E-state index in [0.717, 1.165) is 16.2 Å². The Kier molecular flexibility index (Phi) is 2.84. The molecule has 1 nitrogen and oxygen atoms in total. The van der Waals surface area contributed by atoms with Crippen LogP contribution in [0.5, 0.6) is 0 Å². The van der Waals surface area contributed by atoms with Crippen LogP contribution in [0.3, 0.4) is 0 Å². The second kappa shape index (κ2) is 4.35. The van der Waals surface area contributed by atoms with Crippen molar-refractivity contribution in [2.45, 2.75) is 0 Å². The van der Waals surface area contributed by atoms with Gasteiger partial charge in [0.1, 0.15) is 0 Å². The highest BCUT2D eigenvalue weighted by molar-refractivity contribution is 14.1. The van der Waals surface area contributed by atoms with Gasteiger partial charge in [-0.25, -0.2) is 0 Å². The molecule has 3 heteroatoms. The largest absolute Gasteiger partial charge is 0.304 e. The molecule has 3 aromatic rings. The van der Waals surface area contributed by atoms with E-state index in [1.54, 1.807) is 0 Å². The van der Waals surface area contributed by atoms with Gasteiger partial charge >= 0.3 is 0 Å². The summed E-state index contributed by atoms with van der Waals surface area (Å²) in [7, 11) is 0. The number of halogens is 2. The molecule has 0 atom stereocenters. The predicted octanol–water partition coefficient (Wildman–Crippen LogP) is 4.89. The number of benzene rings is 2. The molecule has 0 aliphatic rings. The molecule has 0 aliphatic heterocycles. The van der Waals surface area contributed by atoms with Gasteiger partial charge < -0.3 is 4.57 Å². The van der Waals surface area contributed by atoms with E-state index >= 15 is 0 Å². The maximum atomic E-state index is 6.07. The number of para-hydroxylation sites is 1. The van der Waals surface area contributed by atoms with Crippen molar-refractivity contribution in [3.8, 4) is 5.69 Å². The summed E-state index contributed by atoms with van der Waals surface area (Å²) < 4.78 is 3.40. The van der Waals surface area contributed by atoms with Crippen LogP contribution in [0.4, 0.5) is 0 Å². The molecule has 0 unspecified atom stereocenters. The molecule has 1 aromatic heterocycles. The minimum Gasteiger partial charge on any atom is -0.304 e. The topological polar surface area (TPSA) is 4.93 Å². The van der Waals surface area contributed by atoms with Crippen molar-refractivity contribution in [3.05, 3.63) is 63.3 Å². The Morgan fingerprint density at radius 3 is 2.47 bits per heavy atom. The van der Waals surface area contributed by atoms with Crippen molar-refractivity contribution in [3.63, 3.8) is 0 Å². The molecule has 84 valence electrons. The van der Waals surface area contributed by atoms with Crippen LogP contribution in [-0.4, -0.2) is 4.57 Å². The van der Waals surface area contributed by atoms with Crippen LogP contribution in [0, 0.1) is 3.70 Å². The first kappa shape index (κ1) is 11.1. The van der Waals surface area contributed by atoms with Gasteiger partial charge in [0.25, 0.3) is 0 Å². The van der Waals surface area contributed by atoms with Crippen molar-refractivity contribution in [2.75, 3.05) is 0 Å². The average molecular weight is 354 g/mol. The Balaban J connectivity index is 2.35. The van der Waals surface area contributed by atoms with Crippen LogP contribution in [0.2, 0.25) is 5.02 Å². The number of aromatic nitrogens is 1. The van der Waals surface area contributed by atoms with Crippen molar-refractivity contribution < 1.29 is 0 Å². The molecule has 0 saturated heterocycles. The molecule has 2 aromatic carbocycles. The molecule has 1 heterocycles. The van der Waals surface area contributed by atoms with Crippen molar-refractivity contribution in [2.24, 2.45) is 0 Å². The first-order valence-corrected chi connectivity index (χ1v) is 6.73. The van der Waals surface area contributed by atoms with E-state index in [0.29, 0.717) is 0 Å². The fourth-order valence-electron chi connectivity index (χ4n) is 1.98. The summed E-state index contributed by atoms with van der Waals surface area (Å²) in [6.07, 6.45) is 0. The zero-order valence-corrected chi connectivity index (χ0v) is 11.8. The Morgan fingerprint density at radius 1 is 0.941 bits per heavy atom. The molecule has 0 spiro atoms. The van der Waals surface area contributed by atoms with Gasteiger partial charge in [0.15, 0.2) is 0 Å². The molecule has 17 heavy (non-hydrogen) atoms. The third-order valence-corrected chi connectivity index (χ3v) is 3.76. The maximum Gasteiger partial charge on any atom is 0.0855 e. The lowest BCUT2D eigenvalue weighted by atomic mass is 10.2. The van der Waals surface area contributed by atoms with Gasteiger partial charge in [-0.15, -0.1) is 0 Å². The van der Waals surface area contributed by atoms with E-state index in [1.807, 2.05) is 30.3 Å². The predicted molar refractivity (Wildman–Crippen MR) is 81.0 cm³/mol. The van der Waals surface area contributed by atoms with Crippen LogP contribution < -0.4 is 0 Å². The summed E-state index contributed by atoms with van der Waals surface area (Å²) in [6.45, 7) is 0. The van der Waals surface area contributed by atoms with E-state index in [4.69, 9.17) is 11.6 Å². The van der Waals surface area contributed by atoms with E-state index in [-0.39, 0.29) is 0 Å². The van der Waals surface area contributed by atoms with Crippen LogP contribution in [0.15, 0.2) is 54.6 Å². The molecular weight excluding hydrogens is 345 g/mol. The highest BCUT2D eigenvalue weighted by Crippen LogP contribution is 2.27. The number of hydrogen-bond acceptors (Lipinski definition) is 0. The fraction of sp³-hybridized carbons (Fsp3) is 0. The lowest BCUT2D eigenvalue weighted by Gasteiger charge is -2.07. The van der Waals surface area contributed by atoms with Gasteiger partial charge in [0, 0.05) is 16.1 Å². The van der Waals surface area contributed by atoms with Gasteiger partial charge in [0.2, 0.25) is 0 Å². The molecule has 3 rings (SSSR count). The summed E-state index contributed by atoms with van der Waals surface area (Å²) in [6, 6.07) is 18.5. The SMILES string of the molecule is Clc1ccc2cc(I)n(-c3ccccc3)c2c1. The lowest BCUT2D eigenvalue weighted by Crippen LogP contribution is -1.95. The molecule has 0 fully saturated rings. The molecular formula is C14H9ClIN. The van der Waals surface area contributed by atoms with Crippen LogP contribution in [-0.2, 0) is 0 Å². The van der Waals surface area contributed by atoms with E-state index in [1.165, 1.54) is 9.09 Å². The Morgan fingerprint density at radius 2 is 1.71 bits per heavy atom. The Bertz CT molecular complexity index is 673. The molecule has 0 bridgehead atoms. The summed E-state index contributed by atoms with van der Waals surface area (Å²) in [5.74, 6) is 0. The zero-order chi connectivity index (χ0) is 11.8. The summed E-state index contributed by atoms with van der Waals surface area (Å²) in [5, 5.41) is 1.98. The second-order valence-electron chi connectivity index (χ2n) is 3.84. The fourth-order valence-corrected chi connectivity index (χ4v) is 3.02. The van der Waals surface area contributed by atoms with Gasteiger partial charge in [-0.3, -0.25) is 0 Å². The van der Waals surface area contributed by atoms with Gasteiger partial charge in [-0.2, -0.15) is 0 Å². The molecule has 0 amide bonds. The molecule has 0 N–H and O–H groups in total. The first-order valence-electron chi connectivity index (χ1n) is 5.27. The minimum absolute atomic E-state index is 0.768. The lowest BCUT2D eigenvalue weighted by molar-refractivity contribution is 1.09. The van der Waals surface area contributed by atoms with Crippen LogP contribution in [0.1, 0.15) is 0 Å². The first-order chi connectivity index (χ1) is 8.25.